The van der Waals surface area contributed by atoms with Gasteiger partial charge in [-0.3, -0.25) is 4.68 Å². The van der Waals surface area contributed by atoms with E-state index in [0.717, 1.165) is 16.9 Å². The third-order valence-electron chi connectivity index (χ3n) is 2.76. The standard InChI is InChI=1S/C14H18N2O2/c1-11-4-5-13(12(2)17)14(10-11)18-9-8-16-7-3-6-15-16/h3-7,10,12,17H,8-9H2,1-2H3/t12-/m0/s1. The Labute approximate surface area is 107 Å². The first-order chi connectivity index (χ1) is 8.66. The molecule has 0 amide bonds. The highest BCUT2D eigenvalue weighted by molar-refractivity contribution is 5.38. The molecule has 1 N–H and O–H groups in total. The number of aliphatic hydroxyl groups excluding tert-OH is 1. The van der Waals surface area contributed by atoms with Crippen LogP contribution in [0.25, 0.3) is 0 Å². The van der Waals surface area contributed by atoms with Crippen LogP contribution in [0.1, 0.15) is 24.2 Å². The molecule has 0 radical (unpaired) electrons. The van der Waals surface area contributed by atoms with E-state index in [-0.39, 0.29) is 0 Å². The van der Waals surface area contributed by atoms with Gasteiger partial charge in [-0.25, -0.2) is 0 Å². The van der Waals surface area contributed by atoms with Crippen LogP contribution in [0.2, 0.25) is 0 Å². The highest BCUT2D eigenvalue weighted by atomic mass is 16.5. The SMILES string of the molecule is Cc1ccc([C@H](C)O)c(OCCn2cccn2)c1. The second-order valence-electron chi connectivity index (χ2n) is 4.33. The van der Waals surface area contributed by atoms with Gasteiger partial charge < -0.3 is 9.84 Å². The molecule has 0 spiro atoms. The number of rotatable bonds is 5. The molecule has 0 saturated carbocycles. The molecule has 0 aliphatic carbocycles. The summed E-state index contributed by atoms with van der Waals surface area (Å²) in [4.78, 5) is 0. The van der Waals surface area contributed by atoms with E-state index in [1.54, 1.807) is 13.1 Å². The van der Waals surface area contributed by atoms with Crippen molar-refractivity contribution >= 4 is 0 Å². The lowest BCUT2D eigenvalue weighted by Crippen LogP contribution is -2.10. The lowest BCUT2D eigenvalue weighted by molar-refractivity contribution is 0.190. The summed E-state index contributed by atoms with van der Waals surface area (Å²) in [6.07, 6.45) is 3.12. The first kappa shape index (κ1) is 12.6. The van der Waals surface area contributed by atoms with E-state index in [0.29, 0.717) is 13.2 Å². The average molecular weight is 246 g/mol. The first-order valence-electron chi connectivity index (χ1n) is 6.05. The highest BCUT2D eigenvalue weighted by Gasteiger charge is 2.09. The highest BCUT2D eigenvalue weighted by Crippen LogP contribution is 2.26. The maximum atomic E-state index is 9.68. The van der Waals surface area contributed by atoms with Gasteiger partial charge in [-0.1, -0.05) is 12.1 Å². The Kier molecular flexibility index (Phi) is 3.99. The van der Waals surface area contributed by atoms with E-state index in [9.17, 15) is 5.11 Å². The fourth-order valence-electron chi connectivity index (χ4n) is 1.79. The molecule has 1 atom stereocenters. The van der Waals surface area contributed by atoms with Gasteiger partial charge in [0, 0.05) is 18.0 Å². The predicted molar refractivity (Wildman–Crippen MR) is 69.5 cm³/mol. The van der Waals surface area contributed by atoms with E-state index >= 15 is 0 Å². The number of hydrogen-bond acceptors (Lipinski definition) is 3. The van der Waals surface area contributed by atoms with Gasteiger partial charge in [0.1, 0.15) is 12.4 Å². The monoisotopic (exact) mass is 246 g/mol. The van der Waals surface area contributed by atoms with Crippen LogP contribution in [0.4, 0.5) is 0 Å². The Morgan fingerprint density at radius 2 is 2.28 bits per heavy atom. The summed E-state index contributed by atoms with van der Waals surface area (Å²) in [7, 11) is 0. The lowest BCUT2D eigenvalue weighted by atomic mass is 10.1. The van der Waals surface area contributed by atoms with E-state index in [2.05, 4.69) is 5.10 Å². The van der Waals surface area contributed by atoms with Gasteiger partial charge in [0.05, 0.1) is 12.6 Å². The molecule has 2 aromatic rings. The molecule has 0 unspecified atom stereocenters. The van der Waals surface area contributed by atoms with E-state index in [4.69, 9.17) is 4.74 Å². The van der Waals surface area contributed by atoms with E-state index < -0.39 is 6.10 Å². The van der Waals surface area contributed by atoms with Gasteiger partial charge in [0.25, 0.3) is 0 Å². The Morgan fingerprint density at radius 1 is 1.44 bits per heavy atom. The van der Waals surface area contributed by atoms with Crippen molar-refractivity contribution in [1.82, 2.24) is 9.78 Å². The molecule has 0 aliphatic rings. The van der Waals surface area contributed by atoms with Crippen LogP contribution < -0.4 is 4.74 Å². The fraction of sp³-hybridized carbons (Fsp3) is 0.357. The molecule has 18 heavy (non-hydrogen) atoms. The molecule has 0 bridgehead atoms. The molecule has 0 fully saturated rings. The largest absolute Gasteiger partial charge is 0.491 e. The van der Waals surface area contributed by atoms with Crippen LogP contribution in [-0.4, -0.2) is 21.5 Å². The summed E-state index contributed by atoms with van der Waals surface area (Å²) in [5.74, 6) is 0.747. The quantitative estimate of drug-likeness (QED) is 0.880. The second kappa shape index (κ2) is 5.69. The van der Waals surface area contributed by atoms with Gasteiger partial charge in [-0.2, -0.15) is 5.10 Å². The third-order valence-corrected chi connectivity index (χ3v) is 2.76. The number of ether oxygens (including phenoxy) is 1. The third kappa shape index (κ3) is 3.11. The summed E-state index contributed by atoms with van der Waals surface area (Å²) in [5, 5.41) is 13.8. The number of benzene rings is 1. The molecule has 1 heterocycles. The second-order valence-corrected chi connectivity index (χ2v) is 4.33. The molecule has 2 rings (SSSR count). The molecular formula is C14H18N2O2. The fourth-order valence-corrected chi connectivity index (χ4v) is 1.79. The smallest absolute Gasteiger partial charge is 0.125 e. The number of aliphatic hydroxyl groups is 1. The summed E-state index contributed by atoms with van der Waals surface area (Å²) in [6, 6.07) is 7.71. The number of nitrogens with zero attached hydrogens (tertiary/aromatic N) is 2. The average Bonchev–Trinajstić information content (AvgIpc) is 2.82. The molecule has 1 aromatic heterocycles. The van der Waals surface area contributed by atoms with Crippen molar-refractivity contribution in [2.45, 2.75) is 26.5 Å². The zero-order valence-electron chi connectivity index (χ0n) is 10.7. The van der Waals surface area contributed by atoms with Crippen molar-refractivity contribution < 1.29 is 9.84 Å². The molecule has 1 aromatic carbocycles. The summed E-state index contributed by atoms with van der Waals surface area (Å²) >= 11 is 0. The molecule has 96 valence electrons. The Bertz CT molecular complexity index is 493. The van der Waals surface area contributed by atoms with Crippen molar-refractivity contribution in [3.05, 3.63) is 47.8 Å². The number of aryl methyl sites for hydroxylation is 1. The minimum Gasteiger partial charge on any atom is -0.491 e. The molecular weight excluding hydrogens is 228 g/mol. The van der Waals surface area contributed by atoms with E-state index in [1.807, 2.05) is 42.1 Å². The maximum Gasteiger partial charge on any atom is 0.125 e. The summed E-state index contributed by atoms with van der Waals surface area (Å²) in [5.41, 5.74) is 1.94. The van der Waals surface area contributed by atoms with Crippen LogP contribution >= 0.6 is 0 Å². The molecule has 0 saturated heterocycles. The first-order valence-corrected chi connectivity index (χ1v) is 6.05. The summed E-state index contributed by atoms with van der Waals surface area (Å²) in [6.45, 7) is 4.97. The van der Waals surface area contributed by atoms with Gasteiger partial charge in [0.2, 0.25) is 0 Å². The van der Waals surface area contributed by atoms with Crippen LogP contribution in [0.15, 0.2) is 36.7 Å². The van der Waals surface area contributed by atoms with Crippen LogP contribution in [0, 0.1) is 6.92 Å². The van der Waals surface area contributed by atoms with Gasteiger partial charge in [-0.15, -0.1) is 0 Å². The number of hydrogen-bond donors (Lipinski definition) is 1. The van der Waals surface area contributed by atoms with Crippen LogP contribution in [0.5, 0.6) is 5.75 Å². The van der Waals surface area contributed by atoms with Gasteiger partial charge in [-0.05, 0) is 31.5 Å². The Balaban J connectivity index is 2.01. The van der Waals surface area contributed by atoms with Crippen molar-refractivity contribution in [2.24, 2.45) is 0 Å². The normalized spacial score (nSPS) is 12.4. The molecule has 4 heteroatoms. The van der Waals surface area contributed by atoms with Crippen molar-refractivity contribution in [2.75, 3.05) is 6.61 Å². The van der Waals surface area contributed by atoms with Crippen molar-refractivity contribution in [3.63, 3.8) is 0 Å². The minimum atomic E-state index is -0.523. The zero-order chi connectivity index (χ0) is 13.0. The maximum absolute atomic E-state index is 9.68. The Morgan fingerprint density at radius 3 is 2.94 bits per heavy atom. The Hall–Kier alpha value is -1.81. The summed E-state index contributed by atoms with van der Waals surface area (Å²) < 4.78 is 7.55. The topological polar surface area (TPSA) is 47.3 Å². The lowest BCUT2D eigenvalue weighted by Gasteiger charge is -2.14. The van der Waals surface area contributed by atoms with Crippen LogP contribution in [-0.2, 0) is 6.54 Å². The van der Waals surface area contributed by atoms with Crippen LogP contribution in [0.3, 0.4) is 0 Å². The van der Waals surface area contributed by atoms with Crippen molar-refractivity contribution in [3.8, 4) is 5.75 Å². The van der Waals surface area contributed by atoms with E-state index in [1.165, 1.54) is 0 Å². The molecule has 4 nitrogen and oxygen atoms in total. The minimum absolute atomic E-state index is 0.523. The molecule has 0 aliphatic heterocycles. The number of aromatic nitrogens is 2. The zero-order valence-corrected chi connectivity index (χ0v) is 10.7. The van der Waals surface area contributed by atoms with Gasteiger partial charge >= 0.3 is 0 Å². The van der Waals surface area contributed by atoms with Gasteiger partial charge in [0.15, 0.2) is 0 Å². The predicted octanol–water partition coefficient (Wildman–Crippen LogP) is 2.32. The van der Waals surface area contributed by atoms with Crippen molar-refractivity contribution in [1.29, 1.82) is 0 Å².